The van der Waals surface area contributed by atoms with Crippen molar-refractivity contribution in [3.63, 3.8) is 0 Å². The summed E-state index contributed by atoms with van der Waals surface area (Å²) < 4.78 is 31.1. The fourth-order valence-electron chi connectivity index (χ4n) is 2.74. The van der Waals surface area contributed by atoms with Gasteiger partial charge in [0.2, 0.25) is 27.6 Å². The molecule has 1 aliphatic heterocycles. The van der Waals surface area contributed by atoms with Gasteiger partial charge in [0.25, 0.3) is 0 Å². The van der Waals surface area contributed by atoms with Crippen molar-refractivity contribution in [2.45, 2.75) is 19.4 Å². The maximum atomic E-state index is 12.2. The lowest BCUT2D eigenvalue weighted by Gasteiger charge is -2.29. The molecule has 3 heterocycles. The van der Waals surface area contributed by atoms with Crippen molar-refractivity contribution in [3.05, 3.63) is 18.3 Å². The third-order valence-corrected chi connectivity index (χ3v) is 5.44. The smallest absolute Gasteiger partial charge is 0.246 e. The predicted molar refractivity (Wildman–Crippen MR) is 87.5 cm³/mol. The van der Waals surface area contributed by atoms with Crippen LogP contribution in [0.5, 0.6) is 0 Å². The number of rotatable bonds is 5. The van der Waals surface area contributed by atoms with Gasteiger partial charge in [-0.2, -0.15) is 10.1 Å². The first kappa shape index (κ1) is 17.5. The zero-order chi connectivity index (χ0) is 18.0. The van der Waals surface area contributed by atoms with Crippen LogP contribution in [0, 0.1) is 5.92 Å². The normalized spacial score (nSPS) is 16.9. The summed E-state index contributed by atoms with van der Waals surface area (Å²) in [5, 5.41) is 10.7. The van der Waals surface area contributed by atoms with E-state index < -0.39 is 10.0 Å². The minimum absolute atomic E-state index is 0.130. The average Bonchev–Trinajstić information content (AvgIpc) is 3.20. The fourth-order valence-corrected chi connectivity index (χ4v) is 3.61. The SMILES string of the molecule is Cn1cc(-c2noc(CNC(=O)C3CCN(S(C)(=O)=O)CC3)n2)cn1. The number of hydrogen-bond donors (Lipinski definition) is 1. The molecule has 1 amide bonds. The van der Waals surface area contributed by atoms with Crippen LogP contribution in [0.4, 0.5) is 0 Å². The second kappa shape index (κ2) is 6.92. The van der Waals surface area contributed by atoms with Crippen molar-refractivity contribution in [2.24, 2.45) is 13.0 Å². The van der Waals surface area contributed by atoms with Crippen molar-refractivity contribution >= 4 is 15.9 Å². The molecule has 3 rings (SSSR count). The van der Waals surface area contributed by atoms with E-state index in [1.54, 1.807) is 24.1 Å². The molecule has 0 radical (unpaired) electrons. The van der Waals surface area contributed by atoms with E-state index in [-0.39, 0.29) is 18.4 Å². The van der Waals surface area contributed by atoms with Crippen LogP contribution in [0.15, 0.2) is 16.9 Å². The maximum Gasteiger partial charge on any atom is 0.246 e. The molecule has 0 bridgehead atoms. The molecule has 0 unspecified atom stereocenters. The van der Waals surface area contributed by atoms with E-state index >= 15 is 0 Å². The molecule has 25 heavy (non-hydrogen) atoms. The number of carbonyl (C=O) groups is 1. The molecular formula is C14H20N6O4S. The molecule has 0 saturated carbocycles. The third-order valence-electron chi connectivity index (χ3n) is 4.14. The summed E-state index contributed by atoms with van der Waals surface area (Å²) in [6, 6.07) is 0. The molecule has 0 spiro atoms. The highest BCUT2D eigenvalue weighted by Crippen LogP contribution is 2.19. The second-order valence-electron chi connectivity index (χ2n) is 6.07. The van der Waals surface area contributed by atoms with E-state index in [4.69, 9.17) is 4.52 Å². The van der Waals surface area contributed by atoms with Gasteiger partial charge in [0.1, 0.15) is 0 Å². The second-order valence-corrected chi connectivity index (χ2v) is 8.05. The summed E-state index contributed by atoms with van der Waals surface area (Å²) in [5.41, 5.74) is 0.733. The molecule has 136 valence electrons. The molecule has 0 aromatic carbocycles. The Hall–Kier alpha value is -2.27. The Morgan fingerprint density at radius 1 is 1.40 bits per heavy atom. The zero-order valence-corrected chi connectivity index (χ0v) is 14.9. The molecule has 1 aliphatic rings. The first-order valence-electron chi connectivity index (χ1n) is 7.87. The van der Waals surface area contributed by atoms with Crippen molar-refractivity contribution in [3.8, 4) is 11.4 Å². The topological polar surface area (TPSA) is 123 Å². The number of aromatic nitrogens is 4. The van der Waals surface area contributed by atoms with Gasteiger partial charge < -0.3 is 9.84 Å². The number of carbonyl (C=O) groups excluding carboxylic acids is 1. The summed E-state index contributed by atoms with van der Waals surface area (Å²) in [6.07, 6.45) is 5.59. The molecule has 2 aromatic heterocycles. The summed E-state index contributed by atoms with van der Waals surface area (Å²) in [4.78, 5) is 16.4. The van der Waals surface area contributed by atoms with E-state index in [0.717, 1.165) is 5.56 Å². The Kier molecular flexibility index (Phi) is 4.86. The first-order valence-corrected chi connectivity index (χ1v) is 9.72. The number of sulfonamides is 1. The van der Waals surface area contributed by atoms with E-state index in [9.17, 15) is 13.2 Å². The van der Waals surface area contributed by atoms with Gasteiger partial charge in [0.05, 0.1) is 24.6 Å². The minimum atomic E-state index is -3.19. The number of amides is 1. The van der Waals surface area contributed by atoms with Gasteiger partial charge in [-0.3, -0.25) is 9.48 Å². The largest absolute Gasteiger partial charge is 0.347 e. The lowest BCUT2D eigenvalue weighted by Crippen LogP contribution is -2.42. The Balaban J connectivity index is 1.51. The molecule has 1 N–H and O–H groups in total. The molecule has 1 fully saturated rings. The highest BCUT2D eigenvalue weighted by atomic mass is 32.2. The van der Waals surface area contributed by atoms with Crippen molar-refractivity contribution in [1.82, 2.24) is 29.5 Å². The Bertz CT molecular complexity index is 850. The summed E-state index contributed by atoms with van der Waals surface area (Å²) in [6.45, 7) is 0.865. The summed E-state index contributed by atoms with van der Waals surface area (Å²) >= 11 is 0. The molecule has 0 aliphatic carbocycles. The van der Waals surface area contributed by atoms with Crippen LogP contribution in [0.1, 0.15) is 18.7 Å². The van der Waals surface area contributed by atoms with E-state index in [0.29, 0.717) is 37.6 Å². The highest BCUT2D eigenvalue weighted by Gasteiger charge is 2.29. The van der Waals surface area contributed by atoms with Gasteiger partial charge in [-0.15, -0.1) is 0 Å². The van der Waals surface area contributed by atoms with Crippen LogP contribution in [-0.2, 0) is 28.4 Å². The molecule has 1 saturated heterocycles. The van der Waals surface area contributed by atoms with Crippen LogP contribution < -0.4 is 5.32 Å². The molecule has 0 atom stereocenters. The van der Waals surface area contributed by atoms with E-state index in [1.165, 1.54) is 10.6 Å². The first-order chi connectivity index (χ1) is 11.8. The molecule has 10 nitrogen and oxygen atoms in total. The van der Waals surface area contributed by atoms with Crippen LogP contribution in [0.3, 0.4) is 0 Å². The lowest BCUT2D eigenvalue weighted by atomic mass is 9.97. The monoisotopic (exact) mass is 368 g/mol. The Morgan fingerprint density at radius 3 is 2.72 bits per heavy atom. The Morgan fingerprint density at radius 2 is 2.12 bits per heavy atom. The standard InChI is InChI=1S/C14H20N6O4S/c1-19-9-11(7-16-19)13-17-12(24-18-13)8-15-14(21)10-3-5-20(6-4-10)25(2,22)23/h7,9-10H,3-6,8H2,1-2H3,(H,15,21). The Labute approximate surface area is 145 Å². The lowest BCUT2D eigenvalue weighted by molar-refractivity contribution is -0.126. The van der Waals surface area contributed by atoms with Crippen LogP contribution in [-0.4, -0.2) is 57.9 Å². The van der Waals surface area contributed by atoms with Gasteiger partial charge in [-0.1, -0.05) is 5.16 Å². The van der Waals surface area contributed by atoms with Crippen molar-refractivity contribution < 1.29 is 17.7 Å². The fraction of sp³-hybridized carbons (Fsp3) is 0.571. The van der Waals surface area contributed by atoms with Crippen molar-refractivity contribution in [2.75, 3.05) is 19.3 Å². The highest BCUT2D eigenvalue weighted by molar-refractivity contribution is 7.88. The summed E-state index contributed by atoms with van der Waals surface area (Å²) in [5.74, 6) is 0.382. The van der Waals surface area contributed by atoms with E-state index in [1.807, 2.05) is 0 Å². The number of piperidine rings is 1. The van der Waals surface area contributed by atoms with E-state index in [2.05, 4.69) is 20.6 Å². The van der Waals surface area contributed by atoms with Gasteiger partial charge in [0.15, 0.2) is 0 Å². The molecule has 2 aromatic rings. The van der Waals surface area contributed by atoms with Crippen LogP contribution in [0.25, 0.3) is 11.4 Å². The van der Waals surface area contributed by atoms with Gasteiger partial charge in [-0.25, -0.2) is 12.7 Å². The average molecular weight is 368 g/mol. The number of nitrogens with zero attached hydrogens (tertiary/aromatic N) is 5. The third kappa shape index (κ3) is 4.23. The zero-order valence-electron chi connectivity index (χ0n) is 14.0. The molecular weight excluding hydrogens is 348 g/mol. The van der Waals surface area contributed by atoms with Gasteiger partial charge >= 0.3 is 0 Å². The van der Waals surface area contributed by atoms with Crippen molar-refractivity contribution in [1.29, 1.82) is 0 Å². The summed E-state index contributed by atoms with van der Waals surface area (Å²) in [7, 11) is -1.40. The predicted octanol–water partition coefficient (Wildman–Crippen LogP) is -0.242. The molecule has 11 heteroatoms. The minimum Gasteiger partial charge on any atom is -0.347 e. The number of aryl methyl sites for hydroxylation is 1. The van der Waals surface area contributed by atoms with Crippen LogP contribution >= 0.6 is 0 Å². The maximum absolute atomic E-state index is 12.2. The van der Waals surface area contributed by atoms with Gasteiger partial charge in [0, 0.05) is 32.3 Å². The van der Waals surface area contributed by atoms with Crippen LogP contribution in [0.2, 0.25) is 0 Å². The number of hydrogen-bond acceptors (Lipinski definition) is 7. The quantitative estimate of drug-likeness (QED) is 0.772. The van der Waals surface area contributed by atoms with Gasteiger partial charge in [-0.05, 0) is 12.8 Å². The number of nitrogens with one attached hydrogen (secondary N) is 1.